The molecule has 24 heavy (non-hydrogen) atoms. The van der Waals surface area contributed by atoms with Crippen molar-refractivity contribution < 1.29 is 19.1 Å². The summed E-state index contributed by atoms with van der Waals surface area (Å²) in [5, 5.41) is 9.31. The SMILES string of the molecule is O=C(O)[C@H]1CS[C@@H](c2ccccc2Cl)N1C(=O)c1ccccc1F. The molecule has 0 radical (unpaired) electrons. The van der Waals surface area contributed by atoms with Gasteiger partial charge in [0.2, 0.25) is 0 Å². The molecule has 4 nitrogen and oxygen atoms in total. The van der Waals surface area contributed by atoms with Crippen LogP contribution in [-0.4, -0.2) is 33.7 Å². The number of carboxylic acid groups (broad SMARTS) is 1. The Morgan fingerprint density at radius 1 is 1.17 bits per heavy atom. The fourth-order valence-electron chi connectivity index (χ4n) is 2.63. The summed E-state index contributed by atoms with van der Waals surface area (Å²) in [7, 11) is 0. The monoisotopic (exact) mass is 365 g/mol. The Morgan fingerprint density at radius 3 is 2.50 bits per heavy atom. The lowest BCUT2D eigenvalue weighted by Crippen LogP contribution is -2.43. The molecule has 2 aromatic carbocycles. The second-order valence-corrected chi connectivity index (χ2v) is 6.77. The number of carbonyl (C=O) groups is 2. The van der Waals surface area contributed by atoms with Gasteiger partial charge in [0.15, 0.2) is 0 Å². The number of aliphatic carboxylic acids is 1. The molecule has 0 bridgehead atoms. The van der Waals surface area contributed by atoms with E-state index in [1.165, 1.54) is 34.9 Å². The molecule has 1 aliphatic rings. The third-order valence-corrected chi connectivity index (χ3v) is 5.44. The van der Waals surface area contributed by atoms with Crippen LogP contribution < -0.4 is 0 Å². The van der Waals surface area contributed by atoms with Crippen molar-refractivity contribution in [2.45, 2.75) is 11.4 Å². The van der Waals surface area contributed by atoms with Crippen molar-refractivity contribution in [3.05, 3.63) is 70.5 Å². The Hall–Kier alpha value is -2.05. The predicted octanol–water partition coefficient (Wildman–Crippen LogP) is 3.82. The average Bonchev–Trinajstić information content (AvgIpc) is 3.00. The first-order valence-electron chi connectivity index (χ1n) is 7.16. The summed E-state index contributed by atoms with van der Waals surface area (Å²) in [6.45, 7) is 0. The second-order valence-electron chi connectivity index (χ2n) is 5.25. The van der Waals surface area contributed by atoms with E-state index >= 15 is 0 Å². The maximum absolute atomic E-state index is 14.0. The van der Waals surface area contributed by atoms with Gasteiger partial charge < -0.3 is 10.0 Å². The van der Waals surface area contributed by atoms with E-state index in [-0.39, 0.29) is 11.3 Å². The number of benzene rings is 2. The number of nitrogens with zero attached hydrogens (tertiary/aromatic N) is 1. The molecule has 0 spiro atoms. The summed E-state index contributed by atoms with van der Waals surface area (Å²) in [4.78, 5) is 25.6. The van der Waals surface area contributed by atoms with E-state index in [0.29, 0.717) is 10.6 Å². The van der Waals surface area contributed by atoms with E-state index in [9.17, 15) is 19.1 Å². The minimum atomic E-state index is -1.12. The lowest BCUT2D eigenvalue weighted by atomic mass is 10.1. The lowest BCUT2D eigenvalue weighted by molar-refractivity contribution is -0.141. The molecule has 1 N–H and O–H groups in total. The van der Waals surface area contributed by atoms with Crippen LogP contribution in [-0.2, 0) is 4.79 Å². The Balaban J connectivity index is 2.05. The van der Waals surface area contributed by atoms with Gasteiger partial charge in [0.25, 0.3) is 5.91 Å². The molecule has 0 aromatic heterocycles. The molecule has 0 aliphatic carbocycles. The molecule has 7 heteroatoms. The van der Waals surface area contributed by atoms with Gasteiger partial charge in [-0.2, -0.15) is 0 Å². The Kier molecular flexibility index (Phi) is 4.78. The summed E-state index contributed by atoms with van der Waals surface area (Å²) in [5.74, 6) is -2.25. The molecule has 0 unspecified atom stereocenters. The van der Waals surface area contributed by atoms with Gasteiger partial charge in [-0.1, -0.05) is 41.9 Å². The smallest absolute Gasteiger partial charge is 0.327 e. The predicted molar refractivity (Wildman–Crippen MR) is 90.6 cm³/mol. The first kappa shape index (κ1) is 16.8. The summed E-state index contributed by atoms with van der Waals surface area (Å²) >= 11 is 7.51. The van der Waals surface area contributed by atoms with E-state index in [4.69, 9.17) is 11.6 Å². The van der Waals surface area contributed by atoms with E-state index in [2.05, 4.69) is 0 Å². The Labute approximate surface area is 147 Å². The van der Waals surface area contributed by atoms with E-state index < -0.39 is 29.1 Å². The van der Waals surface area contributed by atoms with Gasteiger partial charge in [-0.05, 0) is 18.2 Å². The van der Waals surface area contributed by atoms with Crippen LogP contribution in [0.2, 0.25) is 5.02 Å². The van der Waals surface area contributed by atoms with Crippen LogP contribution in [0.5, 0.6) is 0 Å². The van der Waals surface area contributed by atoms with E-state index in [0.717, 1.165) is 0 Å². The molecule has 2 atom stereocenters. The highest BCUT2D eigenvalue weighted by atomic mass is 35.5. The van der Waals surface area contributed by atoms with Gasteiger partial charge >= 0.3 is 5.97 Å². The maximum atomic E-state index is 14.0. The van der Waals surface area contributed by atoms with E-state index in [1.54, 1.807) is 30.3 Å². The maximum Gasteiger partial charge on any atom is 0.327 e. The molecule has 124 valence electrons. The molecule has 1 amide bonds. The first-order chi connectivity index (χ1) is 11.5. The van der Waals surface area contributed by atoms with Gasteiger partial charge in [0, 0.05) is 16.3 Å². The molecule has 2 aromatic rings. The molecule has 1 aliphatic heterocycles. The summed E-state index contributed by atoms with van der Waals surface area (Å²) in [6, 6.07) is 11.4. The van der Waals surface area contributed by atoms with Crippen LogP contribution in [0, 0.1) is 5.82 Å². The van der Waals surface area contributed by atoms with Gasteiger partial charge in [-0.3, -0.25) is 4.79 Å². The summed E-state index contributed by atoms with van der Waals surface area (Å²) < 4.78 is 14.0. The summed E-state index contributed by atoms with van der Waals surface area (Å²) in [6.07, 6.45) is 0. The highest BCUT2D eigenvalue weighted by Crippen LogP contribution is 2.44. The minimum Gasteiger partial charge on any atom is -0.480 e. The zero-order valence-electron chi connectivity index (χ0n) is 12.4. The number of thioether (sulfide) groups is 1. The van der Waals surface area contributed by atoms with Gasteiger partial charge in [-0.15, -0.1) is 11.8 Å². The zero-order valence-corrected chi connectivity index (χ0v) is 13.9. The fourth-order valence-corrected chi connectivity index (χ4v) is 4.39. The van der Waals surface area contributed by atoms with Gasteiger partial charge in [0.05, 0.1) is 5.56 Å². The molecule has 1 fully saturated rings. The topological polar surface area (TPSA) is 57.6 Å². The normalized spacial score (nSPS) is 20.2. The zero-order chi connectivity index (χ0) is 17.3. The number of carbonyl (C=O) groups excluding carboxylic acids is 1. The number of carboxylic acids is 1. The van der Waals surface area contributed by atoms with Crippen LogP contribution in [0.3, 0.4) is 0 Å². The Morgan fingerprint density at radius 2 is 1.83 bits per heavy atom. The van der Waals surface area contributed by atoms with Gasteiger partial charge in [0.1, 0.15) is 17.2 Å². The highest BCUT2D eigenvalue weighted by Gasteiger charge is 2.43. The molecule has 1 saturated heterocycles. The average molecular weight is 366 g/mol. The third kappa shape index (κ3) is 2.99. The molecule has 1 heterocycles. The van der Waals surface area contributed by atoms with Crippen molar-refractivity contribution in [3.63, 3.8) is 0 Å². The minimum absolute atomic E-state index is 0.150. The Bertz CT molecular complexity index is 801. The van der Waals surface area contributed by atoms with Crippen molar-refractivity contribution in [3.8, 4) is 0 Å². The lowest BCUT2D eigenvalue weighted by Gasteiger charge is -2.28. The summed E-state index contributed by atoms with van der Waals surface area (Å²) in [5.41, 5.74) is 0.487. The molecular weight excluding hydrogens is 353 g/mol. The van der Waals surface area contributed by atoms with E-state index in [1.807, 2.05) is 0 Å². The number of rotatable bonds is 3. The molecule has 0 saturated carbocycles. The van der Waals surface area contributed by atoms with Crippen molar-refractivity contribution in [2.24, 2.45) is 0 Å². The second kappa shape index (κ2) is 6.83. The van der Waals surface area contributed by atoms with Gasteiger partial charge in [-0.25, -0.2) is 9.18 Å². The molecular formula is C17H13ClFNO3S. The highest BCUT2D eigenvalue weighted by molar-refractivity contribution is 7.99. The number of halogens is 2. The fraction of sp³-hybridized carbons (Fsp3) is 0.176. The van der Waals surface area contributed by atoms with Crippen molar-refractivity contribution in [1.29, 1.82) is 0 Å². The standard InChI is InChI=1S/C17H13ClFNO3S/c18-12-7-3-1-5-10(12)16-20(14(9-24-16)17(22)23)15(21)11-6-2-4-8-13(11)19/h1-8,14,16H,9H2,(H,22,23)/t14-,16+/m1/s1. The number of hydrogen-bond acceptors (Lipinski definition) is 3. The van der Waals surface area contributed by atoms with Crippen LogP contribution in [0.1, 0.15) is 21.3 Å². The van der Waals surface area contributed by atoms with Crippen LogP contribution in [0.4, 0.5) is 4.39 Å². The van der Waals surface area contributed by atoms with Crippen LogP contribution in [0.15, 0.2) is 48.5 Å². The number of hydrogen-bond donors (Lipinski definition) is 1. The quantitative estimate of drug-likeness (QED) is 0.898. The largest absolute Gasteiger partial charge is 0.480 e. The van der Waals surface area contributed by atoms with Crippen molar-refractivity contribution >= 4 is 35.2 Å². The van der Waals surface area contributed by atoms with Crippen LogP contribution in [0.25, 0.3) is 0 Å². The van der Waals surface area contributed by atoms with Crippen LogP contribution >= 0.6 is 23.4 Å². The third-order valence-electron chi connectivity index (χ3n) is 3.80. The van der Waals surface area contributed by atoms with Crippen molar-refractivity contribution in [2.75, 3.05) is 5.75 Å². The molecule has 3 rings (SSSR count). The first-order valence-corrected chi connectivity index (χ1v) is 8.59. The van der Waals surface area contributed by atoms with Crippen molar-refractivity contribution in [1.82, 2.24) is 4.90 Å². The number of amides is 1.